The summed E-state index contributed by atoms with van der Waals surface area (Å²) < 4.78 is 0. The molecule has 2 aliphatic rings. The SMILES string of the molecule is CN1CC2CC1CN2Cc1cccc(C=O)c1. The van der Waals surface area contributed by atoms with Crippen molar-refractivity contribution in [3.8, 4) is 0 Å². The molecule has 0 aromatic heterocycles. The van der Waals surface area contributed by atoms with Gasteiger partial charge < -0.3 is 4.90 Å². The van der Waals surface area contributed by atoms with Gasteiger partial charge in [-0.1, -0.05) is 18.2 Å². The first-order valence-corrected chi connectivity index (χ1v) is 6.24. The second kappa shape index (κ2) is 4.24. The molecular weight excluding hydrogens is 212 g/mol. The molecule has 1 aromatic carbocycles. The van der Waals surface area contributed by atoms with Crippen LogP contribution in [0.1, 0.15) is 22.3 Å². The number of piperazine rings is 1. The molecule has 2 heterocycles. The fourth-order valence-electron chi connectivity index (χ4n) is 3.14. The Morgan fingerprint density at radius 2 is 2.24 bits per heavy atom. The Hall–Kier alpha value is -1.19. The minimum Gasteiger partial charge on any atom is -0.301 e. The molecule has 2 fully saturated rings. The molecule has 17 heavy (non-hydrogen) atoms. The Labute approximate surface area is 102 Å². The van der Waals surface area contributed by atoms with Crippen LogP contribution in [-0.2, 0) is 6.54 Å². The fourth-order valence-corrected chi connectivity index (χ4v) is 3.14. The summed E-state index contributed by atoms with van der Waals surface area (Å²) in [4.78, 5) is 15.8. The molecule has 0 radical (unpaired) electrons. The Bertz CT molecular complexity index is 430. The monoisotopic (exact) mass is 230 g/mol. The van der Waals surface area contributed by atoms with E-state index in [1.807, 2.05) is 18.2 Å². The van der Waals surface area contributed by atoms with Crippen LogP contribution in [0.5, 0.6) is 0 Å². The van der Waals surface area contributed by atoms with Crippen molar-refractivity contribution in [2.75, 3.05) is 20.1 Å². The number of likely N-dealkylation sites (N-methyl/N-ethyl adjacent to an activating group) is 1. The van der Waals surface area contributed by atoms with E-state index in [9.17, 15) is 4.79 Å². The Morgan fingerprint density at radius 3 is 2.88 bits per heavy atom. The van der Waals surface area contributed by atoms with Gasteiger partial charge in [0.25, 0.3) is 0 Å². The Balaban J connectivity index is 1.70. The highest BCUT2D eigenvalue weighted by Crippen LogP contribution is 2.30. The van der Waals surface area contributed by atoms with Gasteiger partial charge in [0.2, 0.25) is 0 Å². The molecule has 0 amide bonds. The summed E-state index contributed by atoms with van der Waals surface area (Å²) in [6, 6.07) is 9.41. The lowest BCUT2D eigenvalue weighted by Crippen LogP contribution is -2.43. The molecule has 3 rings (SSSR count). The van der Waals surface area contributed by atoms with Gasteiger partial charge in [-0.15, -0.1) is 0 Å². The summed E-state index contributed by atoms with van der Waals surface area (Å²) in [7, 11) is 2.22. The lowest BCUT2D eigenvalue weighted by atomic mass is 10.1. The first-order chi connectivity index (χ1) is 8.26. The third-order valence-electron chi connectivity index (χ3n) is 4.10. The first-order valence-electron chi connectivity index (χ1n) is 6.24. The van der Waals surface area contributed by atoms with Crippen LogP contribution in [0, 0.1) is 0 Å². The first kappa shape index (κ1) is 10.9. The summed E-state index contributed by atoms with van der Waals surface area (Å²) in [6.45, 7) is 3.35. The maximum Gasteiger partial charge on any atom is 0.150 e. The van der Waals surface area contributed by atoms with Crippen molar-refractivity contribution in [3.05, 3.63) is 35.4 Å². The van der Waals surface area contributed by atoms with Gasteiger partial charge in [0.1, 0.15) is 6.29 Å². The third-order valence-corrected chi connectivity index (χ3v) is 4.10. The van der Waals surface area contributed by atoms with Gasteiger partial charge in [0.15, 0.2) is 0 Å². The molecule has 0 aliphatic carbocycles. The van der Waals surface area contributed by atoms with Crippen LogP contribution >= 0.6 is 0 Å². The molecule has 3 heteroatoms. The van der Waals surface area contributed by atoms with E-state index < -0.39 is 0 Å². The van der Waals surface area contributed by atoms with Crippen molar-refractivity contribution in [2.45, 2.75) is 25.0 Å². The van der Waals surface area contributed by atoms with Crippen molar-refractivity contribution in [1.82, 2.24) is 9.80 Å². The number of likely N-dealkylation sites (tertiary alicyclic amines) is 2. The fraction of sp³-hybridized carbons (Fsp3) is 0.500. The maximum atomic E-state index is 10.7. The van der Waals surface area contributed by atoms with Crippen LogP contribution in [0.3, 0.4) is 0 Å². The normalized spacial score (nSPS) is 28.8. The van der Waals surface area contributed by atoms with Crippen molar-refractivity contribution in [3.63, 3.8) is 0 Å². The predicted molar refractivity (Wildman–Crippen MR) is 67.1 cm³/mol. The molecular formula is C14H18N2O. The molecule has 2 saturated heterocycles. The average Bonchev–Trinajstić information content (AvgIpc) is 2.88. The van der Waals surface area contributed by atoms with Crippen molar-refractivity contribution >= 4 is 6.29 Å². The molecule has 3 nitrogen and oxygen atoms in total. The minimum atomic E-state index is 0.713. The van der Waals surface area contributed by atoms with Crippen LogP contribution in [-0.4, -0.2) is 48.3 Å². The van der Waals surface area contributed by atoms with Gasteiger partial charge in [0.05, 0.1) is 0 Å². The molecule has 1 aromatic rings. The molecule has 2 aliphatic heterocycles. The number of hydrogen-bond acceptors (Lipinski definition) is 3. The maximum absolute atomic E-state index is 10.7. The van der Waals surface area contributed by atoms with Crippen molar-refractivity contribution in [2.24, 2.45) is 0 Å². The Morgan fingerprint density at radius 1 is 1.35 bits per heavy atom. The number of carbonyl (C=O) groups is 1. The minimum absolute atomic E-state index is 0.713. The lowest BCUT2D eigenvalue weighted by molar-refractivity contribution is 0.112. The van der Waals surface area contributed by atoms with Crippen molar-refractivity contribution < 1.29 is 4.79 Å². The highest BCUT2D eigenvalue weighted by atomic mass is 16.1. The molecule has 2 unspecified atom stereocenters. The number of fused-ring (bicyclic) bond motifs is 2. The second-order valence-corrected chi connectivity index (χ2v) is 5.28. The summed E-state index contributed by atoms with van der Waals surface area (Å²) in [5, 5.41) is 0. The van der Waals surface area contributed by atoms with Crippen LogP contribution < -0.4 is 0 Å². The van der Waals surface area contributed by atoms with Gasteiger partial charge in [-0.3, -0.25) is 9.69 Å². The van der Waals surface area contributed by atoms with E-state index in [4.69, 9.17) is 0 Å². The van der Waals surface area contributed by atoms with Crippen LogP contribution in [0.4, 0.5) is 0 Å². The largest absolute Gasteiger partial charge is 0.301 e. The highest BCUT2D eigenvalue weighted by molar-refractivity contribution is 5.74. The molecule has 0 spiro atoms. The van der Waals surface area contributed by atoms with Crippen LogP contribution in [0.15, 0.2) is 24.3 Å². The standard InChI is InChI=1S/C14H18N2O/c1-15-8-14-6-13(15)9-16(14)7-11-3-2-4-12(5-11)10-17/h2-5,10,13-14H,6-9H2,1H3. The number of aldehydes is 1. The summed E-state index contributed by atoms with van der Waals surface area (Å²) in [6.07, 6.45) is 2.23. The zero-order chi connectivity index (χ0) is 11.8. The van der Waals surface area contributed by atoms with Crippen LogP contribution in [0.25, 0.3) is 0 Å². The Kier molecular flexibility index (Phi) is 2.73. The number of rotatable bonds is 3. The highest BCUT2D eigenvalue weighted by Gasteiger charge is 2.40. The number of hydrogen-bond donors (Lipinski definition) is 0. The molecule has 0 N–H and O–H groups in total. The van der Waals surface area contributed by atoms with Gasteiger partial charge in [-0.25, -0.2) is 0 Å². The zero-order valence-corrected chi connectivity index (χ0v) is 10.2. The predicted octanol–water partition coefficient (Wildman–Crippen LogP) is 1.39. The van der Waals surface area contributed by atoms with Gasteiger partial charge in [-0.2, -0.15) is 0 Å². The van der Waals surface area contributed by atoms with E-state index in [1.165, 1.54) is 25.1 Å². The second-order valence-electron chi connectivity index (χ2n) is 5.28. The lowest BCUT2D eigenvalue weighted by Gasteiger charge is -2.31. The summed E-state index contributed by atoms with van der Waals surface area (Å²) in [5.41, 5.74) is 2.04. The molecule has 2 atom stereocenters. The van der Waals surface area contributed by atoms with Gasteiger partial charge in [-0.05, 0) is 25.1 Å². The number of nitrogens with zero attached hydrogens (tertiary/aromatic N) is 2. The van der Waals surface area contributed by atoms with Gasteiger partial charge in [0, 0.05) is 37.3 Å². The third kappa shape index (κ3) is 2.01. The molecule has 90 valence electrons. The summed E-state index contributed by atoms with van der Waals surface area (Å²) >= 11 is 0. The van der Waals surface area contributed by atoms with Crippen LogP contribution in [0.2, 0.25) is 0 Å². The quantitative estimate of drug-likeness (QED) is 0.733. The van der Waals surface area contributed by atoms with E-state index in [-0.39, 0.29) is 0 Å². The zero-order valence-electron chi connectivity index (χ0n) is 10.2. The van der Waals surface area contributed by atoms with E-state index in [2.05, 4.69) is 22.9 Å². The van der Waals surface area contributed by atoms with E-state index in [0.29, 0.717) is 6.04 Å². The smallest absolute Gasteiger partial charge is 0.150 e. The topological polar surface area (TPSA) is 23.6 Å². The number of carbonyl (C=O) groups excluding carboxylic acids is 1. The van der Waals surface area contributed by atoms with Crippen molar-refractivity contribution in [1.29, 1.82) is 0 Å². The summed E-state index contributed by atoms with van der Waals surface area (Å²) in [5.74, 6) is 0. The van der Waals surface area contributed by atoms with E-state index in [1.54, 1.807) is 0 Å². The van der Waals surface area contributed by atoms with E-state index >= 15 is 0 Å². The van der Waals surface area contributed by atoms with E-state index in [0.717, 1.165) is 24.4 Å². The average molecular weight is 230 g/mol. The molecule has 2 bridgehead atoms. The number of benzene rings is 1. The molecule has 0 saturated carbocycles. The van der Waals surface area contributed by atoms with Gasteiger partial charge >= 0.3 is 0 Å².